The van der Waals surface area contributed by atoms with Crippen molar-refractivity contribution >= 4 is 40.2 Å². The van der Waals surface area contributed by atoms with Crippen molar-refractivity contribution in [1.29, 1.82) is 0 Å². The Kier molecular flexibility index (Phi) is 3.31. The lowest BCUT2D eigenvalue weighted by atomic mass is 10.2. The van der Waals surface area contributed by atoms with Gasteiger partial charge in [-0.1, -0.05) is 11.6 Å². The largest absolute Gasteiger partial charge is 0.397 e. The molecular formula is C11H10ClN3OS. The fourth-order valence-electron chi connectivity index (χ4n) is 1.28. The molecule has 1 aromatic heterocycles. The number of nitrogens with one attached hydrogen (secondary N) is 1. The summed E-state index contributed by atoms with van der Waals surface area (Å²) in [7, 11) is 0. The van der Waals surface area contributed by atoms with Gasteiger partial charge in [0.15, 0.2) is 0 Å². The highest BCUT2D eigenvalue weighted by atomic mass is 35.5. The zero-order chi connectivity index (χ0) is 12.4. The normalized spacial score (nSPS) is 10.2. The molecule has 4 nitrogen and oxygen atoms in total. The maximum atomic E-state index is 11.8. The van der Waals surface area contributed by atoms with Gasteiger partial charge in [-0.25, -0.2) is 4.98 Å². The molecule has 0 radical (unpaired) electrons. The molecule has 0 aliphatic rings. The molecule has 0 unspecified atom stereocenters. The van der Waals surface area contributed by atoms with Gasteiger partial charge in [0.2, 0.25) is 0 Å². The van der Waals surface area contributed by atoms with Crippen LogP contribution in [0.5, 0.6) is 0 Å². The van der Waals surface area contributed by atoms with Crippen molar-refractivity contribution in [3.05, 3.63) is 39.3 Å². The van der Waals surface area contributed by atoms with Gasteiger partial charge in [-0.15, -0.1) is 11.3 Å². The molecule has 2 aromatic rings. The summed E-state index contributed by atoms with van der Waals surface area (Å²) in [4.78, 5) is 15.9. The van der Waals surface area contributed by atoms with Crippen LogP contribution in [0, 0.1) is 6.92 Å². The van der Waals surface area contributed by atoms with E-state index in [1.54, 1.807) is 23.6 Å². The van der Waals surface area contributed by atoms with Gasteiger partial charge in [0.05, 0.1) is 15.7 Å². The van der Waals surface area contributed by atoms with Gasteiger partial charge >= 0.3 is 0 Å². The highest BCUT2D eigenvalue weighted by Crippen LogP contribution is 2.22. The summed E-state index contributed by atoms with van der Waals surface area (Å²) in [6.07, 6.45) is 0. The molecule has 0 spiro atoms. The maximum absolute atomic E-state index is 11.8. The zero-order valence-corrected chi connectivity index (χ0v) is 10.6. The molecule has 6 heteroatoms. The van der Waals surface area contributed by atoms with Crippen LogP contribution in [0.1, 0.15) is 15.5 Å². The molecular weight excluding hydrogens is 258 g/mol. The topological polar surface area (TPSA) is 68.0 Å². The molecule has 88 valence electrons. The summed E-state index contributed by atoms with van der Waals surface area (Å²) in [5, 5.41) is 5.74. The molecule has 2 rings (SSSR count). The number of carbonyl (C=O) groups is 1. The van der Waals surface area contributed by atoms with Crippen LogP contribution in [0.25, 0.3) is 0 Å². The first-order valence-electron chi connectivity index (χ1n) is 4.85. The van der Waals surface area contributed by atoms with Crippen LogP contribution in [-0.2, 0) is 0 Å². The van der Waals surface area contributed by atoms with E-state index < -0.39 is 0 Å². The Bertz CT molecular complexity index is 568. The first-order chi connectivity index (χ1) is 8.06. The quantitative estimate of drug-likeness (QED) is 0.822. The van der Waals surface area contributed by atoms with E-state index >= 15 is 0 Å². The number of carbonyl (C=O) groups excluding carboxylic acids is 1. The Morgan fingerprint density at radius 2 is 2.29 bits per heavy atom. The summed E-state index contributed by atoms with van der Waals surface area (Å²) in [6.45, 7) is 1.85. The van der Waals surface area contributed by atoms with Gasteiger partial charge in [0.25, 0.3) is 5.91 Å². The first kappa shape index (κ1) is 11.9. The van der Waals surface area contributed by atoms with Crippen molar-refractivity contribution in [2.24, 2.45) is 0 Å². The maximum Gasteiger partial charge on any atom is 0.275 e. The lowest BCUT2D eigenvalue weighted by Gasteiger charge is -2.05. The predicted molar refractivity (Wildman–Crippen MR) is 70.7 cm³/mol. The van der Waals surface area contributed by atoms with E-state index in [1.807, 2.05) is 6.92 Å². The van der Waals surface area contributed by atoms with Gasteiger partial charge in [-0.3, -0.25) is 4.79 Å². The Labute approximate surface area is 107 Å². The average Bonchev–Trinajstić information content (AvgIpc) is 2.70. The molecule has 0 atom stereocenters. The van der Waals surface area contributed by atoms with Gasteiger partial charge < -0.3 is 11.1 Å². The number of hydrogen-bond acceptors (Lipinski definition) is 4. The third-order valence-corrected chi connectivity index (χ3v) is 3.22. The summed E-state index contributed by atoms with van der Waals surface area (Å²) >= 11 is 7.22. The van der Waals surface area contributed by atoms with Crippen LogP contribution in [0.4, 0.5) is 11.4 Å². The fraction of sp³-hybridized carbons (Fsp3) is 0.0909. The molecule has 0 aliphatic heterocycles. The first-order valence-corrected chi connectivity index (χ1v) is 6.10. The van der Waals surface area contributed by atoms with Crippen molar-refractivity contribution < 1.29 is 4.79 Å². The highest BCUT2D eigenvalue weighted by molar-refractivity contribution is 7.09. The third kappa shape index (κ3) is 2.75. The van der Waals surface area contributed by atoms with Crippen LogP contribution >= 0.6 is 22.9 Å². The third-order valence-electron chi connectivity index (χ3n) is 2.11. The second-order valence-corrected chi connectivity index (χ2v) is 4.91. The van der Waals surface area contributed by atoms with Gasteiger partial charge in [-0.2, -0.15) is 0 Å². The SMILES string of the molecule is Cc1nc(C(=O)Nc2ccc(Cl)c(N)c2)cs1. The number of nitrogens with zero attached hydrogens (tertiary/aromatic N) is 1. The van der Waals surface area contributed by atoms with Crippen molar-refractivity contribution in [3.8, 4) is 0 Å². The van der Waals surface area contributed by atoms with E-state index in [0.29, 0.717) is 22.1 Å². The van der Waals surface area contributed by atoms with Crippen molar-refractivity contribution in [2.45, 2.75) is 6.92 Å². The molecule has 1 heterocycles. The Morgan fingerprint density at radius 1 is 1.53 bits per heavy atom. The van der Waals surface area contributed by atoms with E-state index in [4.69, 9.17) is 17.3 Å². The van der Waals surface area contributed by atoms with Crippen molar-refractivity contribution in [1.82, 2.24) is 4.98 Å². The summed E-state index contributed by atoms with van der Waals surface area (Å²) in [6, 6.07) is 4.94. The molecule has 0 fully saturated rings. The number of aryl methyl sites for hydroxylation is 1. The molecule has 0 saturated carbocycles. The van der Waals surface area contributed by atoms with Crippen molar-refractivity contribution in [3.63, 3.8) is 0 Å². The lowest BCUT2D eigenvalue weighted by Crippen LogP contribution is -2.12. The number of benzene rings is 1. The average molecular weight is 268 g/mol. The van der Waals surface area contributed by atoms with E-state index in [-0.39, 0.29) is 5.91 Å². The minimum Gasteiger partial charge on any atom is -0.397 e. The van der Waals surface area contributed by atoms with Crippen LogP contribution in [0.2, 0.25) is 5.02 Å². The second kappa shape index (κ2) is 4.73. The van der Waals surface area contributed by atoms with E-state index in [2.05, 4.69) is 10.3 Å². The van der Waals surface area contributed by atoms with Crippen LogP contribution < -0.4 is 11.1 Å². The van der Waals surface area contributed by atoms with E-state index in [9.17, 15) is 4.79 Å². The predicted octanol–water partition coefficient (Wildman–Crippen LogP) is 2.94. The number of nitrogen functional groups attached to an aromatic ring is 1. The molecule has 1 amide bonds. The molecule has 3 N–H and O–H groups in total. The Balaban J connectivity index is 2.15. The molecule has 1 aromatic carbocycles. The van der Waals surface area contributed by atoms with Gasteiger partial charge in [0, 0.05) is 11.1 Å². The highest BCUT2D eigenvalue weighted by Gasteiger charge is 2.09. The van der Waals surface area contributed by atoms with Gasteiger partial charge in [0.1, 0.15) is 5.69 Å². The minimum atomic E-state index is -0.254. The summed E-state index contributed by atoms with van der Waals surface area (Å²) in [5.74, 6) is -0.254. The smallest absolute Gasteiger partial charge is 0.275 e. The Hall–Kier alpha value is -1.59. The molecule has 0 bridgehead atoms. The number of anilines is 2. The van der Waals surface area contributed by atoms with Gasteiger partial charge in [-0.05, 0) is 25.1 Å². The second-order valence-electron chi connectivity index (χ2n) is 3.44. The minimum absolute atomic E-state index is 0.254. The van der Waals surface area contributed by atoms with Crippen LogP contribution in [0.15, 0.2) is 23.6 Å². The number of halogens is 1. The lowest BCUT2D eigenvalue weighted by molar-refractivity contribution is 0.102. The zero-order valence-electron chi connectivity index (χ0n) is 9.03. The number of nitrogens with two attached hydrogens (primary N) is 1. The summed E-state index contributed by atoms with van der Waals surface area (Å²) in [5.41, 5.74) is 7.08. The van der Waals surface area contributed by atoms with E-state index in [0.717, 1.165) is 5.01 Å². The van der Waals surface area contributed by atoms with Crippen LogP contribution in [0.3, 0.4) is 0 Å². The number of amides is 1. The molecule has 0 aliphatic carbocycles. The molecule has 17 heavy (non-hydrogen) atoms. The Morgan fingerprint density at radius 3 is 2.88 bits per heavy atom. The number of aromatic nitrogens is 1. The fourth-order valence-corrected chi connectivity index (χ4v) is 1.99. The summed E-state index contributed by atoms with van der Waals surface area (Å²) < 4.78 is 0. The van der Waals surface area contributed by atoms with Crippen molar-refractivity contribution in [2.75, 3.05) is 11.1 Å². The number of hydrogen-bond donors (Lipinski definition) is 2. The monoisotopic (exact) mass is 267 g/mol. The standard InChI is InChI=1S/C11H10ClN3OS/c1-6-14-10(5-17-6)11(16)15-7-2-3-8(12)9(13)4-7/h2-5H,13H2,1H3,(H,15,16). The van der Waals surface area contributed by atoms with E-state index in [1.165, 1.54) is 11.3 Å². The van der Waals surface area contributed by atoms with Crippen LogP contribution in [-0.4, -0.2) is 10.9 Å². The number of thiazole rings is 1. The number of rotatable bonds is 2. The molecule has 0 saturated heterocycles.